The summed E-state index contributed by atoms with van der Waals surface area (Å²) in [5, 5.41) is 8.55. The van der Waals surface area contributed by atoms with Crippen molar-refractivity contribution in [3.8, 4) is 11.1 Å². The van der Waals surface area contributed by atoms with Crippen LogP contribution in [-0.4, -0.2) is 20.5 Å². The Hall–Kier alpha value is -0.844. The molecule has 0 fully saturated rings. The number of pyridine rings is 1. The number of halogens is 4. The SMILES string of the molecule is O=C(O)c1nc2c(C(F)(F)F)cc(-c3ccoc3)cn2c1Cl.[H-].[K+]. The number of carboxylic acid groups (broad SMARTS) is 1. The number of alkyl halides is 3. The van der Waals surface area contributed by atoms with Crippen molar-refractivity contribution in [2.24, 2.45) is 0 Å². The van der Waals surface area contributed by atoms with Gasteiger partial charge in [0.05, 0.1) is 18.1 Å². The summed E-state index contributed by atoms with van der Waals surface area (Å²) in [6.07, 6.45) is -0.863. The van der Waals surface area contributed by atoms with Gasteiger partial charge in [0.1, 0.15) is 5.15 Å². The van der Waals surface area contributed by atoms with Crippen molar-refractivity contribution in [1.82, 2.24) is 9.38 Å². The molecule has 0 aliphatic heterocycles. The number of nitrogens with zero attached hydrogens (tertiary/aromatic N) is 2. The fraction of sp³-hybridized carbons (Fsp3) is 0.0769. The number of fused-ring (bicyclic) bond motifs is 1. The van der Waals surface area contributed by atoms with Gasteiger partial charge in [-0.15, -0.1) is 0 Å². The molecule has 0 amide bonds. The van der Waals surface area contributed by atoms with E-state index >= 15 is 0 Å². The first kappa shape index (κ1) is 18.5. The number of carbonyl (C=O) groups is 1. The molecule has 0 aliphatic carbocycles. The molecule has 5 nitrogen and oxygen atoms in total. The van der Waals surface area contributed by atoms with Crippen molar-refractivity contribution < 1.29 is 80.3 Å². The molecule has 0 saturated heterocycles. The Balaban J connectivity index is 0.00000144. The van der Waals surface area contributed by atoms with Gasteiger partial charge < -0.3 is 11.0 Å². The molecule has 3 heterocycles. The minimum atomic E-state index is -4.72. The standard InChI is InChI=1S/C13H6ClF3N2O3.K.H/c14-10-9(12(20)21)18-11-8(13(15,16)17)3-7(4-19(10)11)6-1-2-22-5-6;;/h1-5H,(H,20,21);;/q;+1;-1. The number of aromatic carboxylic acids is 1. The summed E-state index contributed by atoms with van der Waals surface area (Å²) in [6, 6.07) is 2.35. The maximum absolute atomic E-state index is 13.2. The van der Waals surface area contributed by atoms with Gasteiger partial charge >= 0.3 is 63.5 Å². The fourth-order valence-electron chi connectivity index (χ4n) is 2.05. The first-order valence-corrected chi connectivity index (χ1v) is 6.21. The Morgan fingerprint density at radius 2 is 2.09 bits per heavy atom. The van der Waals surface area contributed by atoms with Crippen LogP contribution in [-0.2, 0) is 6.18 Å². The van der Waals surface area contributed by atoms with Crippen LogP contribution in [0.4, 0.5) is 13.2 Å². The first-order valence-electron chi connectivity index (χ1n) is 5.83. The molecule has 3 aromatic heterocycles. The van der Waals surface area contributed by atoms with Crippen molar-refractivity contribution in [3.05, 3.63) is 47.3 Å². The smallest absolute Gasteiger partial charge is 1.00 e. The van der Waals surface area contributed by atoms with Crippen molar-refractivity contribution >= 4 is 23.2 Å². The van der Waals surface area contributed by atoms with Crippen LogP contribution in [0.15, 0.2) is 35.3 Å². The summed E-state index contributed by atoms with van der Waals surface area (Å²) >= 11 is 5.84. The molecule has 0 aliphatic rings. The molecule has 0 atom stereocenters. The predicted octanol–water partition coefficient (Wildman–Crippen LogP) is 1.08. The van der Waals surface area contributed by atoms with Gasteiger partial charge in [0, 0.05) is 17.3 Å². The van der Waals surface area contributed by atoms with Crippen molar-refractivity contribution in [2.45, 2.75) is 6.18 Å². The molecule has 1 N–H and O–H groups in total. The zero-order valence-corrected chi connectivity index (χ0v) is 15.4. The Labute approximate surface area is 176 Å². The van der Waals surface area contributed by atoms with Crippen LogP contribution in [0.3, 0.4) is 0 Å². The maximum atomic E-state index is 13.2. The second-order valence-electron chi connectivity index (χ2n) is 4.40. The van der Waals surface area contributed by atoms with Crippen LogP contribution in [0.5, 0.6) is 0 Å². The molecule has 3 aromatic rings. The summed E-state index contributed by atoms with van der Waals surface area (Å²) in [5.41, 5.74) is -1.72. The first-order chi connectivity index (χ1) is 10.3. The van der Waals surface area contributed by atoms with Gasteiger partial charge in [-0.25, -0.2) is 9.78 Å². The van der Waals surface area contributed by atoms with Gasteiger partial charge in [-0.2, -0.15) is 13.2 Å². The largest absolute Gasteiger partial charge is 1.00 e. The topological polar surface area (TPSA) is 67.7 Å². The number of hydrogen-bond donors (Lipinski definition) is 1. The van der Waals surface area contributed by atoms with E-state index in [0.29, 0.717) is 5.56 Å². The van der Waals surface area contributed by atoms with E-state index < -0.39 is 34.2 Å². The van der Waals surface area contributed by atoms with Gasteiger partial charge in [0.2, 0.25) is 0 Å². The van der Waals surface area contributed by atoms with Crippen LogP contribution >= 0.6 is 11.6 Å². The number of carboxylic acids is 1. The Morgan fingerprint density at radius 1 is 1.39 bits per heavy atom. The van der Waals surface area contributed by atoms with Crippen LogP contribution < -0.4 is 51.4 Å². The minimum absolute atomic E-state index is 0. The predicted molar refractivity (Wildman–Crippen MR) is 71.0 cm³/mol. The number of aromatic nitrogens is 2. The molecule has 0 aromatic carbocycles. The van der Waals surface area contributed by atoms with Crippen LogP contribution in [0.1, 0.15) is 17.5 Å². The third-order valence-electron chi connectivity index (χ3n) is 3.02. The second kappa shape index (κ2) is 6.58. The Kier molecular flexibility index (Phi) is 5.29. The van der Waals surface area contributed by atoms with Crippen LogP contribution in [0.2, 0.25) is 5.15 Å². The zero-order chi connectivity index (χ0) is 16.1. The Morgan fingerprint density at radius 3 is 2.61 bits per heavy atom. The normalized spacial score (nSPS) is 11.5. The average molecular weight is 371 g/mol. The number of furan rings is 1. The van der Waals surface area contributed by atoms with Gasteiger partial charge in [0.15, 0.2) is 11.3 Å². The van der Waals surface area contributed by atoms with E-state index in [2.05, 4.69) is 4.98 Å². The summed E-state index contributed by atoms with van der Waals surface area (Å²) in [7, 11) is 0. The monoisotopic (exact) mass is 370 g/mol. The average Bonchev–Trinajstić information content (AvgIpc) is 3.05. The number of rotatable bonds is 2. The van der Waals surface area contributed by atoms with Gasteiger partial charge in [0.25, 0.3) is 0 Å². The third kappa shape index (κ3) is 3.35. The quantitative estimate of drug-likeness (QED) is 0.686. The van der Waals surface area contributed by atoms with E-state index in [-0.39, 0.29) is 58.4 Å². The van der Waals surface area contributed by atoms with E-state index in [4.69, 9.17) is 21.1 Å². The molecule has 0 radical (unpaired) electrons. The fourth-order valence-corrected chi connectivity index (χ4v) is 2.30. The molecule has 0 bridgehead atoms. The molecule has 10 heteroatoms. The van der Waals surface area contributed by atoms with Gasteiger partial charge in [-0.3, -0.25) is 4.40 Å². The van der Waals surface area contributed by atoms with E-state index in [9.17, 15) is 18.0 Å². The minimum Gasteiger partial charge on any atom is -1.00 e. The molecule has 116 valence electrons. The molecule has 3 rings (SSSR count). The summed E-state index contributed by atoms with van der Waals surface area (Å²) in [6.45, 7) is 0. The van der Waals surface area contributed by atoms with Crippen molar-refractivity contribution in [2.75, 3.05) is 0 Å². The van der Waals surface area contributed by atoms with E-state index in [1.54, 1.807) is 0 Å². The zero-order valence-electron chi connectivity index (χ0n) is 12.6. The van der Waals surface area contributed by atoms with Crippen molar-refractivity contribution in [3.63, 3.8) is 0 Å². The van der Waals surface area contributed by atoms with Gasteiger partial charge in [-0.1, -0.05) is 11.6 Å². The molecule has 0 spiro atoms. The van der Waals surface area contributed by atoms with Crippen LogP contribution in [0, 0.1) is 0 Å². The van der Waals surface area contributed by atoms with E-state index in [1.165, 1.54) is 24.8 Å². The summed E-state index contributed by atoms with van der Waals surface area (Å²) in [4.78, 5) is 14.5. The molecule has 0 unspecified atom stereocenters. The summed E-state index contributed by atoms with van der Waals surface area (Å²) < 4.78 is 45.4. The Bertz CT molecular complexity index is 881. The third-order valence-corrected chi connectivity index (χ3v) is 3.39. The molecule has 23 heavy (non-hydrogen) atoms. The molecular weight excluding hydrogens is 364 g/mol. The van der Waals surface area contributed by atoms with Crippen LogP contribution in [0.25, 0.3) is 16.8 Å². The molecule has 0 saturated carbocycles. The molecular formula is C13H7ClF3KN2O3. The second-order valence-corrected chi connectivity index (χ2v) is 4.76. The van der Waals surface area contributed by atoms with E-state index in [0.717, 1.165) is 10.5 Å². The number of hydrogen-bond acceptors (Lipinski definition) is 3. The van der Waals surface area contributed by atoms with E-state index in [1.807, 2.05) is 0 Å². The number of imidazole rings is 1. The van der Waals surface area contributed by atoms with Gasteiger partial charge in [-0.05, 0) is 12.1 Å². The summed E-state index contributed by atoms with van der Waals surface area (Å²) in [5.74, 6) is -1.51. The van der Waals surface area contributed by atoms with Crippen molar-refractivity contribution in [1.29, 1.82) is 0 Å². The maximum Gasteiger partial charge on any atom is 1.00 e.